The molecule has 4 heterocycles. The summed E-state index contributed by atoms with van der Waals surface area (Å²) in [5.74, 6) is 2.36. The van der Waals surface area contributed by atoms with Crippen molar-refractivity contribution in [2.24, 2.45) is 0 Å². The molecule has 2 saturated heterocycles. The van der Waals surface area contributed by atoms with Gasteiger partial charge in [0.05, 0.1) is 31.9 Å². The SMILES string of the molecule is COc1ccc2nccc(CC[C@@]3(O)CO[C@@H]4[C@@H](NCc5ccc6c(c5)OCCO6)CO[C@@H]43)c2c1. The van der Waals surface area contributed by atoms with Gasteiger partial charge in [0.1, 0.15) is 36.8 Å². The normalized spacial score (nSPS) is 27.2. The molecule has 0 radical (unpaired) electrons. The molecule has 8 heteroatoms. The van der Waals surface area contributed by atoms with E-state index in [1.807, 2.05) is 48.7 Å². The third-order valence-corrected chi connectivity index (χ3v) is 7.25. The lowest BCUT2D eigenvalue weighted by atomic mass is 9.88. The average molecular weight is 479 g/mol. The van der Waals surface area contributed by atoms with Gasteiger partial charge in [0.2, 0.25) is 0 Å². The van der Waals surface area contributed by atoms with Crippen molar-refractivity contribution >= 4 is 10.9 Å². The predicted molar refractivity (Wildman–Crippen MR) is 129 cm³/mol. The highest BCUT2D eigenvalue weighted by Gasteiger charge is 2.55. The molecule has 8 nitrogen and oxygen atoms in total. The van der Waals surface area contributed by atoms with E-state index in [0.29, 0.717) is 39.2 Å². The number of aryl methyl sites for hydroxylation is 1. The van der Waals surface area contributed by atoms with Crippen LogP contribution in [0.1, 0.15) is 17.5 Å². The molecule has 3 aliphatic heterocycles. The van der Waals surface area contributed by atoms with Crippen LogP contribution in [0.3, 0.4) is 0 Å². The molecule has 4 atom stereocenters. The van der Waals surface area contributed by atoms with E-state index in [2.05, 4.69) is 10.3 Å². The van der Waals surface area contributed by atoms with E-state index in [1.165, 1.54) is 0 Å². The van der Waals surface area contributed by atoms with E-state index < -0.39 is 5.60 Å². The molecule has 0 amide bonds. The van der Waals surface area contributed by atoms with Gasteiger partial charge in [0, 0.05) is 18.1 Å². The van der Waals surface area contributed by atoms with Crippen LogP contribution in [0.15, 0.2) is 48.7 Å². The van der Waals surface area contributed by atoms with Gasteiger partial charge in [-0.2, -0.15) is 0 Å². The van der Waals surface area contributed by atoms with Gasteiger partial charge in [-0.3, -0.25) is 4.98 Å². The van der Waals surface area contributed by atoms with E-state index in [4.69, 9.17) is 23.7 Å². The van der Waals surface area contributed by atoms with E-state index >= 15 is 0 Å². The van der Waals surface area contributed by atoms with Gasteiger partial charge in [-0.05, 0) is 60.4 Å². The average Bonchev–Trinajstić information content (AvgIpc) is 3.47. The number of aliphatic hydroxyl groups is 1. The van der Waals surface area contributed by atoms with Crippen LogP contribution in [0.5, 0.6) is 17.2 Å². The summed E-state index contributed by atoms with van der Waals surface area (Å²) in [4.78, 5) is 4.46. The molecule has 0 aliphatic carbocycles. The van der Waals surface area contributed by atoms with Gasteiger partial charge in [0.15, 0.2) is 11.5 Å². The van der Waals surface area contributed by atoms with E-state index in [9.17, 15) is 5.11 Å². The molecular weight excluding hydrogens is 448 g/mol. The minimum atomic E-state index is -1.04. The second-order valence-electron chi connectivity index (χ2n) is 9.45. The third kappa shape index (κ3) is 4.31. The van der Waals surface area contributed by atoms with Gasteiger partial charge in [-0.1, -0.05) is 6.07 Å². The molecule has 2 N–H and O–H groups in total. The molecule has 0 saturated carbocycles. The Kier molecular flexibility index (Phi) is 5.98. The zero-order chi connectivity index (χ0) is 23.8. The summed E-state index contributed by atoms with van der Waals surface area (Å²) in [6.45, 7) is 2.56. The molecular formula is C27H30N2O6. The van der Waals surface area contributed by atoms with Crippen LogP contribution in [0, 0.1) is 0 Å². The molecule has 6 rings (SSSR count). The Bertz CT molecular complexity index is 1220. The number of fused-ring (bicyclic) bond motifs is 3. The first-order valence-corrected chi connectivity index (χ1v) is 12.1. The Morgan fingerprint density at radius 1 is 1.09 bits per heavy atom. The molecule has 0 spiro atoms. The fraction of sp³-hybridized carbons (Fsp3) is 0.444. The first-order valence-electron chi connectivity index (χ1n) is 12.1. The maximum Gasteiger partial charge on any atom is 0.161 e. The van der Waals surface area contributed by atoms with Gasteiger partial charge in [-0.15, -0.1) is 0 Å². The zero-order valence-electron chi connectivity index (χ0n) is 19.7. The molecule has 1 aromatic heterocycles. The van der Waals surface area contributed by atoms with Crippen LogP contribution in [0.2, 0.25) is 0 Å². The smallest absolute Gasteiger partial charge is 0.161 e. The second kappa shape index (κ2) is 9.28. The molecule has 3 aliphatic rings. The fourth-order valence-corrected chi connectivity index (χ4v) is 5.31. The highest BCUT2D eigenvalue weighted by atomic mass is 16.6. The van der Waals surface area contributed by atoms with Crippen molar-refractivity contribution in [1.29, 1.82) is 0 Å². The van der Waals surface area contributed by atoms with Crippen molar-refractivity contribution in [1.82, 2.24) is 10.3 Å². The number of hydrogen-bond acceptors (Lipinski definition) is 8. The standard InChI is InChI=1S/C27H30N2O6/c1-31-19-3-4-21-20(13-19)18(7-9-28-21)6-8-27(30)16-35-25-22(15-34-26(25)27)29-14-17-2-5-23-24(12-17)33-11-10-32-23/h2-5,7,9,12-13,22,25-26,29-30H,6,8,10-11,14-16H2,1H3/t22-,25+,26-,27+/m0/s1. The van der Waals surface area contributed by atoms with E-state index in [1.54, 1.807) is 7.11 Å². The number of benzene rings is 2. The number of hydrogen-bond donors (Lipinski definition) is 2. The summed E-state index contributed by atoms with van der Waals surface area (Å²) >= 11 is 0. The molecule has 2 aromatic carbocycles. The van der Waals surface area contributed by atoms with Crippen LogP contribution in [0.4, 0.5) is 0 Å². The maximum atomic E-state index is 11.5. The number of ether oxygens (including phenoxy) is 5. The number of methoxy groups -OCH3 is 1. The summed E-state index contributed by atoms with van der Waals surface area (Å²) in [7, 11) is 1.66. The Hall–Kier alpha value is -2.91. The fourth-order valence-electron chi connectivity index (χ4n) is 5.31. The Morgan fingerprint density at radius 3 is 2.86 bits per heavy atom. The summed E-state index contributed by atoms with van der Waals surface area (Å²) < 4.78 is 28.8. The van der Waals surface area contributed by atoms with E-state index in [-0.39, 0.29) is 24.9 Å². The van der Waals surface area contributed by atoms with Crippen molar-refractivity contribution in [2.45, 2.75) is 43.2 Å². The lowest BCUT2D eigenvalue weighted by molar-refractivity contribution is -0.0697. The zero-order valence-corrected chi connectivity index (χ0v) is 19.7. The van der Waals surface area contributed by atoms with Crippen LogP contribution < -0.4 is 19.5 Å². The molecule has 35 heavy (non-hydrogen) atoms. The van der Waals surface area contributed by atoms with Crippen LogP contribution in [0.25, 0.3) is 10.9 Å². The van der Waals surface area contributed by atoms with Crippen LogP contribution in [-0.4, -0.2) is 67.5 Å². The number of rotatable bonds is 7. The summed E-state index contributed by atoms with van der Waals surface area (Å²) in [6, 6.07) is 13.9. The minimum absolute atomic E-state index is 0.00763. The van der Waals surface area contributed by atoms with Crippen molar-refractivity contribution in [3.8, 4) is 17.2 Å². The topological polar surface area (TPSA) is 91.3 Å². The molecule has 2 fully saturated rings. The molecule has 3 aromatic rings. The molecule has 184 valence electrons. The largest absolute Gasteiger partial charge is 0.497 e. The third-order valence-electron chi connectivity index (χ3n) is 7.25. The Morgan fingerprint density at radius 2 is 1.97 bits per heavy atom. The number of nitrogens with zero attached hydrogens (tertiary/aromatic N) is 1. The van der Waals surface area contributed by atoms with Crippen molar-refractivity contribution in [3.63, 3.8) is 0 Å². The highest BCUT2D eigenvalue weighted by Crippen LogP contribution is 2.38. The lowest BCUT2D eigenvalue weighted by Crippen LogP contribution is -2.45. The minimum Gasteiger partial charge on any atom is -0.497 e. The summed E-state index contributed by atoms with van der Waals surface area (Å²) in [5, 5.41) is 16.1. The number of pyridine rings is 1. The van der Waals surface area contributed by atoms with Gasteiger partial charge in [-0.25, -0.2) is 0 Å². The number of aromatic nitrogens is 1. The molecule has 0 unspecified atom stereocenters. The van der Waals surface area contributed by atoms with Gasteiger partial charge < -0.3 is 34.1 Å². The monoisotopic (exact) mass is 478 g/mol. The lowest BCUT2D eigenvalue weighted by Gasteiger charge is -2.27. The summed E-state index contributed by atoms with van der Waals surface area (Å²) in [5.41, 5.74) is 2.10. The molecule has 0 bridgehead atoms. The van der Waals surface area contributed by atoms with Crippen molar-refractivity contribution in [2.75, 3.05) is 33.5 Å². The Balaban J connectivity index is 1.10. The highest BCUT2D eigenvalue weighted by molar-refractivity contribution is 5.83. The maximum absolute atomic E-state index is 11.5. The second-order valence-corrected chi connectivity index (χ2v) is 9.45. The van der Waals surface area contributed by atoms with Crippen LogP contribution >= 0.6 is 0 Å². The van der Waals surface area contributed by atoms with E-state index in [0.717, 1.165) is 39.3 Å². The first kappa shape index (κ1) is 22.5. The Labute approximate surface area is 204 Å². The van der Waals surface area contributed by atoms with Crippen molar-refractivity contribution in [3.05, 3.63) is 59.8 Å². The predicted octanol–water partition coefficient (Wildman–Crippen LogP) is 2.63. The first-order chi connectivity index (χ1) is 17.1. The van der Waals surface area contributed by atoms with Gasteiger partial charge >= 0.3 is 0 Å². The van der Waals surface area contributed by atoms with Gasteiger partial charge in [0.25, 0.3) is 0 Å². The number of nitrogens with one attached hydrogen (secondary N) is 1. The van der Waals surface area contributed by atoms with Crippen molar-refractivity contribution < 1.29 is 28.8 Å². The van der Waals surface area contributed by atoms with Crippen LogP contribution in [-0.2, 0) is 22.4 Å². The summed E-state index contributed by atoms with van der Waals surface area (Å²) in [6.07, 6.45) is 2.49. The quantitative estimate of drug-likeness (QED) is 0.536.